The quantitative estimate of drug-likeness (QED) is 0.617. The molecule has 1 heterocycles. The first-order valence-electron chi connectivity index (χ1n) is 11.7. The average molecular weight is 454 g/mol. The Bertz CT molecular complexity index is 970. The molecule has 6 heteroatoms. The highest BCUT2D eigenvalue weighted by molar-refractivity contribution is 5.75. The minimum absolute atomic E-state index is 0.0607. The predicted octanol–water partition coefficient (Wildman–Crippen LogP) is 5.33. The van der Waals surface area contributed by atoms with E-state index in [4.69, 9.17) is 19.0 Å². The van der Waals surface area contributed by atoms with Gasteiger partial charge in [-0.05, 0) is 57.7 Å². The minimum atomic E-state index is -0.531. The van der Waals surface area contributed by atoms with Crippen molar-refractivity contribution in [2.24, 2.45) is 5.92 Å². The van der Waals surface area contributed by atoms with Crippen molar-refractivity contribution < 1.29 is 23.8 Å². The second-order valence-corrected chi connectivity index (χ2v) is 10.1. The fourth-order valence-corrected chi connectivity index (χ4v) is 5.38. The van der Waals surface area contributed by atoms with Crippen molar-refractivity contribution in [2.45, 2.75) is 69.6 Å². The Morgan fingerprint density at radius 2 is 1.85 bits per heavy atom. The van der Waals surface area contributed by atoms with Crippen LogP contribution in [0.15, 0.2) is 48.5 Å². The van der Waals surface area contributed by atoms with E-state index in [1.807, 2.05) is 57.2 Å². The van der Waals surface area contributed by atoms with Crippen molar-refractivity contribution >= 4 is 5.97 Å². The summed E-state index contributed by atoms with van der Waals surface area (Å²) in [5.41, 5.74) is 4.36. The lowest BCUT2D eigenvalue weighted by molar-refractivity contribution is -0.170. The van der Waals surface area contributed by atoms with Gasteiger partial charge in [-0.1, -0.05) is 30.3 Å². The van der Waals surface area contributed by atoms with Crippen molar-refractivity contribution in [3.05, 3.63) is 59.7 Å². The van der Waals surface area contributed by atoms with Crippen LogP contribution in [-0.4, -0.2) is 31.4 Å². The van der Waals surface area contributed by atoms with Crippen molar-refractivity contribution in [3.8, 4) is 11.5 Å². The molecule has 0 amide bonds. The molecule has 33 heavy (non-hydrogen) atoms. The number of rotatable bonds is 5. The van der Waals surface area contributed by atoms with E-state index in [0.717, 1.165) is 48.3 Å². The Hall–Kier alpha value is -2.57. The van der Waals surface area contributed by atoms with E-state index in [1.165, 1.54) is 0 Å². The summed E-state index contributed by atoms with van der Waals surface area (Å²) in [7, 11) is 3.30. The molecule has 4 atom stereocenters. The number of carbonyl (C=O) groups excluding carboxylic acids is 1. The monoisotopic (exact) mass is 453 g/mol. The third-order valence-corrected chi connectivity index (χ3v) is 6.72. The van der Waals surface area contributed by atoms with Gasteiger partial charge in [-0.25, -0.2) is 0 Å². The molecule has 2 aromatic carbocycles. The lowest BCUT2D eigenvalue weighted by atomic mass is 9.64. The maximum atomic E-state index is 13.3. The van der Waals surface area contributed by atoms with Crippen LogP contribution in [0, 0.1) is 5.92 Å². The molecule has 6 nitrogen and oxygen atoms in total. The van der Waals surface area contributed by atoms with E-state index in [1.54, 1.807) is 14.2 Å². The third kappa shape index (κ3) is 4.87. The third-order valence-electron chi connectivity index (χ3n) is 6.72. The number of methoxy groups -OCH3 is 2. The molecule has 0 aromatic heterocycles. The van der Waals surface area contributed by atoms with Crippen molar-refractivity contribution in [1.82, 2.24) is 5.48 Å². The number of benzene rings is 2. The van der Waals surface area contributed by atoms with Gasteiger partial charge in [0.05, 0.1) is 31.8 Å². The van der Waals surface area contributed by atoms with Crippen LogP contribution in [0.3, 0.4) is 0 Å². The van der Waals surface area contributed by atoms with Crippen LogP contribution in [0.25, 0.3) is 0 Å². The molecule has 2 aromatic rings. The molecule has 4 rings (SSSR count). The second kappa shape index (κ2) is 9.35. The Morgan fingerprint density at radius 3 is 2.52 bits per heavy atom. The molecule has 0 bridgehead atoms. The summed E-state index contributed by atoms with van der Waals surface area (Å²) in [5.74, 6) is 0.976. The summed E-state index contributed by atoms with van der Waals surface area (Å²) in [6.45, 7) is 5.75. The van der Waals surface area contributed by atoms with E-state index in [-0.39, 0.29) is 23.8 Å². The lowest BCUT2D eigenvalue weighted by Crippen LogP contribution is -2.47. The molecule has 0 radical (unpaired) electrons. The van der Waals surface area contributed by atoms with Gasteiger partial charge in [0.1, 0.15) is 17.1 Å². The smallest absolute Gasteiger partial charge is 0.310 e. The first-order valence-corrected chi connectivity index (χ1v) is 11.7. The van der Waals surface area contributed by atoms with Gasteiger partial charge in [0.15, 0.2) is 0 Å². The number of esters is 1. The zero-order valence-corrected chi connectivity index (χ0v) is 20.2. The molecule has 178 valence electrons. The second-order valence-electron chi connectivity index (χ2n) is 10.1. The fourth-order valence-electron chi connectivity index (χ4n) is 5.38. The Balaban J connectivity index is 1.69. The average Bonchev–Trinajstić information content (AvgIpc) is 3.21. The summed E-state index contributed by atoms with van der Waals surface area (Å²) >= 11 is 0. The van der Waals surface area contributed by atoms with Crippen LogP contribution in [0.4, 0.5) is 0 Å². The Kier molecular flexibility index (Phi) is 6.68. The Morgan fingerprint density at radius 1 is 1.09 bits per heavy atom. The van der Waals surface area contributed by atoms with E-state index < -0.39 is 11.2 Å². The number of ether oxygens (including phenoxy) is 3. The number of nitrogens with one attached hydrogen (secondary N) is 1. The van der Waals surface area contributed by atoms with Gasteiger partial charge in [0, 0.05) is 24.0 Å². The molecular weight excluding hydrogens is 418 g/mol. The molecule has 1 spiro atoms. The lowest BCUT2D eigenvalue weighted by Gasteiger charge is -2.44. The van der Waals surface area contributed by atoms with Gasteiger partial charge in [-0.3, -0.25) is 9.63 Å². The van der Waals surface area contributed by atoms with Gasteiger partial charge in [-0.15, -0.1) is 0 Å². The summed E-state index contributed by atoms with van der Waals surface area (Å²) < 4.78 is 16.9. The molecule has 1 saturated heterocycles. The zero-order valence-electron chi connectivity index (χ0n) is 20.2. The maximum absolute atomic E-state index is 13.3. The van der Waals surface area contributed by atoms with Gasteiger partial charge >= 0.3 is 5.97 Å². The summed E-state index contributed by atoms with van der Waals surface area (Å²) in [6.07, 6.45) is 3.29. The van der Waals surface area contributed by atoms with Crippen LogP contribution in [-0.2, 0) is 14.4 Å². The number of hydrogen-bond acceptors (Lipinski definition) is 6. The number of hydroxylamine groups is 1. The summed E-state index contributed by atoms with van der Waals surface area (Å²) in [4.78, 5) is 19.8. The largest absolute Gasteiger partial charge is 0.497 e. The van der Waals surface area contributed by atoms with E-state index in [9.17, 15) is 4.79 Å². The highest BCUT2D eigenvalue weighted by atomic mass is 16.7. The van der Waals surface area contributed by atoms with Crippen LogP contribution in [0.1, 0.15) is 69.5 Å². The highest BCUT2D eigenvalue weighted by Gasteiger charge is 2.55. The standard InChI is InChI=1S/C27H35NO5/c1-26(2,3)32-25(29)21-12-9-15-27(24(21)18-10-7-6-8-11-18)17-22(28-33-27)20-14-13-19(30-4)16-23(20)31-5/h6-8,10-11,13-14,16,21-22,24,28H,9,12,15,17H2,1-5H3/t21?,22-,24-,27-/m1/s1. The highest BCUT2D eigenvalue weighted by Crippen LogP contribution is 2.54. The van der Waals surface area contributed by atoms with Crippen LogP contribution in [0.5, 0.6) is 11.5 Å². The van der Waals surface area contributed by atoms with E-state index in [0.29, 0.717) is 0 Å². The van der Waals surface area contributed by atoms with Gasteiger partial charge in [0.2, 0.25) is 0 Å². The van der Waals surface area contributed by atoms with Crippen molar-refractivity contribution in [3.63, 3.8) is 0 Å². The zero-order chi connectivity index (χ0) is 23.6. The van der Waals surface area contributed by atoms with Crippen molar-refractivity contribution in [2.75, 3.05) is 14.2 Å². The molecule has 1 aliphatic carbocycles. The molecule has 1 aliphatic heterocycles. The molecule has 2 fully saturated rings. The predicted molar refractivity (Wildman–Crippen MR) is 126 cm³/mol. The van der Waals surface area contributed by atoms with Crippen LogP contribution >= 0.6 is 0 Å². The SMILES string of the molecule is COc1ccc([C@H]2C[C@@]3(CCCC(C(=O)OC(C)(C)C)[C@H]3c3ccccc3)ON2)c(OC)c1. The van der Waals surface area contributed by atoms with Gasteiger partial charge in [-0.2, -0.15) is 5.48 Å². The topological polar surface area (TPSA) is 66.0 Å². The van der Waals surface area contributed by atoms with E-state index in [2.05, 4.69) is 17.6 Å². The van der Waals surface area contributed by atoms with Crippen molar-refractivity contribution in [1.29, 1.82) is 0 Å². The fraction of sp³-hybridized carbons (Fsp3) is 0.519. The normalized spacial score (nSPS) is 27.4. The number of carbonyl (C=O) groups is 1. The first kappa shape index (κ1) is 23.6. The number of hydrogen-bond donors (Lipinski definition) is 1. The molecule has 2 aliphatic rings. The molecule has 1 saturated carbocycles. The van der Waals surface area contributed by atoms with Crippen LogP contribution in [0.2, 0.25) is 0 Å². The molecule has 1 N–H and O–H groups in total. The maximum Gasteiger partial charge on any atom is 0.310 e. The van der Waals surface area contributed by atoms with Gasteiger partial charge in [0.25, 0.3) is 0 Å². The summed E-state index contributed by atoms with van der Waals surface area (Å²) in [6, 6.07) is 16.0. The van der Waals surface area contributed by atoms with Gasteiger partial charge < -0.3 is 14.2 Å². The van der Waals surface area contributed by atoms with E-state index >= 15 is 0 Å². The minimum Gasteiger partial charge on any atom is -0.497 e. The van der Waals surface area contributed by atoms with Crippen LogP contribution < -0.4 is 15.0 Å². The molecule has 1 unspecified atom stereocenters. The first-order chi connectivity index (χ1) is 15.8. The Labute approximate surface area is 196 Å². The summed E-state index contributed by atoms with van der Waals surface area (Å²) in [5, 5.41) is 0. The molecular formula is C27H35NO5.